The van der Waals surface area contributed by atoms with Gasteiger partial charge in [0.15, 0.2) is 0 Å². The normalized spacial score (nSPS) is 17.3. The fraction of sp³-hybridized carbons (Fsp3) is 0.619. The Hall–Kier alpha value is -2.06. The van der Waals surface area contributed by atoms with Crippen molar-refractivity contribution in [3.63, 3.8) is 0 Å². The topological polar surface area (TPSA) is 90.5 Å². The molecule has 162 valence electrons. The van der Waals surface area contributed by atoms with Gasteiger partial charge in [-0.05, 0) is 42.4 Å². The highest BCUT2D eigenvalue weighted by Gasteiger charge is 2.49. The number of rotatable bonds is 9. The predicted octanol–water partition coefficient (Wildman–Crippen LogP) is 1.66. The summed E-state index contributed by atoms with van der Waals surface area (Å²) in [6.07, 6.45) is 0.337. The van der Waals surface area contributed by atoms with Gasteiger partial charge in [0, 0.05) is 26.1 Å². The Morgan fingerprint density at radius 3 is 2.24 bits per heavy atom. The number of halogens is 2. The molecule has 0 aromatic heterocycles. The molecular formula is C21H31F2N3O3. The maximum absolute atomic E-state index is 13.5. The lowest BCUT2D eigenvalue weighted by atomic mass is 9.97. The lowest BCUT2D eigenvalue weighted by Gasteiger charge is -2.27. The van der Waals surface area contributed by atoms with Gasteiger partial charge in [0.1, 0.15) is 11.6 Å². The van der Waals surface area contributed by atoms with E-state index in [4.69, 9.17) is 0 Å². The van der Waals surface area contributed by atoms with Crippen LogP contribution in [0.15, 0.2) is 18.2 Å². The van der Waals surface area contributed by atoms with Gasteiger partial charge in [0.05, 0.1) is 17.7 Å². The molecule has 1 aromatic rings. The monoisotopic (exact) mass is 411 g/mol. The quantitative estimate of drug-likeness (QED) is 0.498. The molecule has 1 aliphatic rings. The van der Waals surface area contributed by atoms with Gasteiger partial charge < -0.3 is 21.1 Å². The highest BCUT2D eigenvalue weighted by atomic mass is 19.1. The number of aliphatic hydroxyl groups excluding tert-OH is 1. The number of hydrogen-bond donors (Lipinski definition) is 4. The summed E-state index contributed by atoms with van der Waals surface area (Å²) in [6.45, 7) is 7.98. The van der Waals surface area contributed by atoms with Gasteiger partial charge in [-0.1, -0.05) is 20.8 Å². The SMILES string of the molecule is CC(=O)NC(Cc1cc(F)cc(F)c1)C(O)CNC1(C(=O)NCC(C)(C)C)CC1. The molecule has 1 saturated carbocycles. The zero-order valence-electron chi connectivity index (χ0n) is 17.4. The lowest BCUT2D eigenvalue weighted by molar-refractivity contribution is -0.125. The molecule has 1 aromatic carbocycles. The van der Waals surface area contributed by atoms with E-state index in [-0.39, 0.29) is 30.2 Å². The molecule has 1 fully saturated rings. The summed E-state index contributed by atoms with van der Waals surface area (Å²) in [6, 6.07) is 2.34. The fourth-order valence-corrected chi connectivity index (χ4v) is 3.09. The molecular weight excluding hydrogens is 380 g/mol. The van der Waals surface area contributed by atoms with Crippen LogP contribution in [0.4, 0.5) is 8.78 Å². The highest BCUT2D eigenvalue weighted by molar-refractivity contribution is 5.89. The van der Waals surface area contributed by atoms with E-state index in [1.54, 1.807) is 0 Å². The van der Waals surface area contributed by atoms with E-state index in [1.165, 1.54) is 19.1 Å². The van der Waals surface area contributed by atoms with Crippen LogP contribution < -0.4 is 16.0 Å². The minimum atomic E-state index is -1.04. The molecule has 2 amide bonds. The molecule has 0 saturated heterocycles. The molecule has 29 heavy (non-hydrogen) atoms. The van der Waals surface area contributed by atoms with Crippen LogP contribution in [0.1, 0.15) is 46.1 Å². The summed E-state index contributed by atoms with van der Waals surface area (Å²) in [5, 5.41) is 19.3. The summed E-state index contributed by atoms with van der Waals surface area (Å²) in [7, 11) is 0. The van der Waals surface area contributed by atoms with Crippen LogP contribution in [0.5, 0.6) is 0 Å². The first kappa shape index (κ1) is 23.2. The van der Waals surface area contributed by atoms with Gasteiger partial charge in [-0.25, -0.2) is 8.78 Å². The second-order valence-corrected chi connectivity index (χ2v) is 9.06. The van der Waals surface area contributed by atoms with E-state index in [0.29, 0.717) is 24.9 Å². The van der Waals surface area contributed by atoms with Gasteiger partial charge in [-0.2, -0.15) is 0 Å². The van der Waals surface area contributed by atoms with Crippen molar-refractivity contribution in [2.75, 3.05) is 13.1 Å². The molecule has 0 spiro atoms. The largest absolute Gasteiger partial charge is 0.390 e. The third kappa shape index (κ3) is 7.36. The van der Waals surface area contributed by atoms with Crippen LogP contribution in [0.2, 0.25) is 0 Å². The molecule has 8 heteroatoms. The van der Waals surface area contributed by atoms with Crippen molar-refractivity contribution in [3.8, 4) is 0 Å². The third-order valence-electron chi connectivity index (χ3n) is 4.84. The predicted molar refractivity (Wildman–Crippen MR) is 106 cm³/mol. The Kier molecular flexibility index (Phi) is 7.35. The van der Waals surface area contributed by atoms with E-state index < -0.39 is 29.3 Å². The smallest absolute Gasteiger partial charge is 0.240 e. The fourth-order valence-electron chi connectivity index (χ4n) is 3.09. The molecule has 0 radical (unpaired) electrons. The van der Waals surface area contributed by atoms with Crippen molar-refractivity contribution >= 4 is 11.8 Å². The van der Waals surface area contributed by atoms with Crippen LogP contribution in [0.25, 0.3) is 0 Å². The molecule has 0 heterocycles. The van der Waals surface area contributed by atoms with Crippen LogP contribution in [-0.4, -0.2) is 47.7 Å². The minimum absolute atomic E-state index is 0.0397. The van der Waals surface area contributed by atoms with Crippen LogP contribution in [0, 0.1) is 17.0 Å². The Morgan fingerprint density at radius 2 is 1.76 bits per heavy atom. The number of nitrogens with one attached hydrogen (secondary N) is 3. The number of carbonyl (C=O) groups is 2. The van der Waals surface area contributed by atoms with Gasteiger partial charge in [0.25, 0.3) is 0 Å². The second-order valence-electron chi connectivity index (χ2n) is 9.06. The van der Waals surface area contributed by atoms with E-state index >= 15 is 0 Å². The molecule has 4 N–H and O–H groups in total. The molecule has 0 aliphatic heterocycles. The molecule has 6 nitrogen and oxygen atoms in total. The molecule has 0 bridgehead atoms. The van der Waals surface area contributed by atoms with Crippen molar-refractivity contribution < 1.29 is 23.5 Å². The minimum Gasteiger partial charge on any atom is -0.390 e. The summed E-state index contributed by atoms with van der Waals surface area (Å²) in [5.41, 5.74) is -0.427. The van der Waals surface area contributed by atoms with Gasteiger partial charge in [0.2, 0.25) is 11.8 Å². The van der Waals surface area contributed by atoms with E-state index in [9.17, 15) is 23.5 Å². The standard InChI is InChI=1S/C21H31F2N3O3/c1-13(27)26-17(9-14-7-15(22)10-16(23)8-14)18(28)11-25-21(5-6-21)19(29)24-12-20(2,3)4/h7-8,10,17-18,25,28H,5-6,9,11-12H2,1-4H3,(H,24,29)(H,26,27). The lowest BCUT2D eigenvalue weighted by Crippen LogP contribution is -2.54. The average Bonchev–Trinajstić information content (AvgIpc) is 3.36. The summed E-state index contributed by atoms with van der Waals surface area (Å²) < 4.78 is 26.9. The number of β-amino-alcohol motifs (C(OH)–C–C–N with tert-alkyl or cyclic N) is 1. The zero-order valence-corrected chi connectivity index (χ0v) is 17.4. The van der Waals surface area contributed by atoms with Gasteiger partial charge in [-0.3, -0.25) is 9.59 Å². The van der Waals surface area contributed by atoms with E-state index in [0.717, 1.165) is 6.07 Å². The average molecular weight is 411 g/mol. The Morgan fingerprint density at radius 1 is 1.17 bits per heavy atom. The molecule has 2 unspecified atom stereocenters. The van der Waals surface area contributed by atoms with Crippen molar-refractivity contribution in [2.45, 2.75) is 64.6 Å². The van der Waals surface area contributed by atoms with Gasteiger partial charge in [-0.15, -0.1) is 0 Å². The highest BCUT2D eigenvalue weighted by Crippen LogP contribution is 2.35. The number of carbonyl (C=O) groups excluding carboxylic acids is 2. The molecule has 2 rings (SSSR count). The summed E-state index contributed by atoms with van der Waals surface area (Å²) >= 11 is 0. The zero-order chi connectivity index (χ0) is 21.8. The van der Waals surface area contributed by atoms with E-state index in [1.807, 2.05) is 20.8 Å². The molecule has 2 atom stereocenters. The van der Waals surface area contributed by atoms with Crippen LogP contribution in [-0.2, 0) is 16.0 Å². The Balaban J connectivity index is 1.98. The molecule has 1 aliphatic carbocycles. The Labute approximate surface area is 170 Å². The summed E-state index contributed by atoms with van der Waals surface area (Å²) in [5.74, 6) is -1.92. The van der Waals surface area contributed by atoms with Gasteiger partial charge >= 0.3 is 0 Å². The number of amides is 2. The first-order chi connectivity index (χ1) is 13.4. The van der Waals surface area contributed by atoms with E-state index in [2.05, 4.69) is 16.0 Å². The van der Waals surface area contributed by atoms with Crippen molar-refractivity contribution in [1.29, 1.82) is 0 Å². The first-order valence-electron chi connectivity index (χ1n) is 9.84. The van der Waals surface area contributed by atoms with Crippen molar-refractivity contribution in [3.05, 3.63) is 35.4 Å². The van der Waals surface area contributed by atoms with Crippen LogP contribution in [0.3, 0.4) is 0 Å². The maximum atomic E-state index is 13.5. The van der Waals surface area contributed by atoms with Crippen molar-refractivity contribution in [1.82, 2.24) is 16.0 Å². The number of hydrogen-bond acceptors (Lipinski definition) is 4. The third-order valence-corrected chi connectivity index (χ3v) is 4.84. The van der Waals surface area contributed by atoms with Crippen LogP contribution >= 0.6 is 0 Å². The van der Waals surface area contributed by atoms with Crippen molar-refractivity contribution in [2.24, 2.45) is 5.41 Å². The summed E-state index contributed by atoms with van der Waals surface area (Å²) in [4.78, 5) is 24.0. The maximum Gasteiger partial charge on any atom is 0.240 e. The second kappa shape index (κ2) is 9.17. The Bertz CT molecular complexity index is 725. The number of benzene rings is 1. The first-order valence-corrected chi connectivity index (χ1v) is 9.84. The number of aliphatic hydroxyl groups is 1.